The number of nitrogens with one attached hydrogen (secondary N) is 2. The summed E-state index contributed by atoms with van der Waals surface area (Å²) < 4.78 is 5.38. The summed E-state index contributed by atoms with van der Waals surface area (Å²) in [5.41, 5.74) is 1.50. The molecule has 3 aliphatic rings. The number of hydrogen-bond donors (Lipinski definition) is 2. The molecule has 5 nitrogen and oxygen atoms in total. The van der Waals surface area contributed by atoms with E-state index in [0.29, 0.717) is 6.04 Å². The first-order chi connectivity index (χ1) is 12.8. The molecule has 2 N–H and O–H groups in total. The van der Waals surface area contributed by atoms with E-state index in [2.05, 4.69) is 28.5 Å². The first-order valence-corrected chi connectivity index (χ1v) is 10.9. The highest BCUT2D eigenvalue weighted by Crippen LogP contribution is 2.25. The minimum atomic E-state index is 0.565. The second kappa shape index (κ2) is 10.9. The molecule has 0 spiro atoms. The molecule has 1 saturated carbocycles. The second-order valence-electron chi connectivity index (χ2n) is 7.94. The number of hydrogen-bond acceptors (Lipinski definition) is 3. The SMILES string of the molecule is CCNC(=NCCC1=CCOCC1)NC1CCN(C2CCCCC2)CC1. The van der Waals surface area contributed by atoms with Crippen molar-refractivity contribution in [1.29, 1.82) is 0 Å². The quantitative estimate of drug-likeness (QED) is 0.433. The van der Waals surface area contributed by atoms with Crippen molar-refractivity contribution in [3.8, 4) is 0 Å². The van der Waals surface area contributed by atoms with Gasteiger partial charge in [0.25, 0.3) is 0 Å². The van der Waals surface area contributed by atoms with Gasteiger partial charge in [0, 0.05) is 38.3 Å². The van der Waals surface area contributed by atoms with Crippen molar-refractivity contribution in [2.24, 2.45) is 4.99 Å². The highest BCUT2D eigenvalue weighted by atomic mass is 16.5. The lowest BCUT2D eigenvalue weighted by atomic mass is 9.92. The van der Waals surface area contributed by atoms with Crippen LogP contribution < -0.4 is 10.6 Å². The average molecular weight is 363 g/mol. The molecule has 0 aromatic heterocycles. The smallest absolute Gasteiger partial charge is 0.191 e. The predicted molar refractivity (Wildman–Crippen MR) is 109 cm³/mol. The fourth-order valence-electron chi connectivity index (χ4n) is 4.47. The Bertz CT molecular complexity index is 463. The van der Waals surface area contributed by atoms with E-state index in [9.17, 15) is 0 Å². The largest absolute Gasteiger partial charge is 0.377 e. The van der Waals surface area contributed by atoms with Gasteiger partial charge in [0.2, 0.25) is 0 Å². The maximum absolute atomic E-state index is 5.38. The zero-order valence-electron chi connectivity index (χ0n) is 16.6. The number of piperidine rings is 1. The van der Waals surface area contributed by atoms with Gasteiger partial charge >= 0.3 is 0 Å². The maximum Gasteiger partial charge on any atom is 0.191 e. The molecule has 2 aliphatic heterocycles. The summed E-state index contributed by atoms with van der Waals surface area (Å²) in [7, 11) is 0. The Kier molecular flexibility index (Phi) is 8.27. The third-order valence-corrected chi connectivity index (χ3v) is 6.07. The van der Waals surface area contributed by atoms with Crippen LogP contribution in [0.4, 0.5) is 0 Å². The summed E-state index contributed by atoms with van der Waals surface area (Å²) in [4.78, 5) is 7.56. The number of ether oxygens (including phenoxy) is 1. The van der Waals surface area contributed by atoms with Crippen LogP contribution in [-0.4, -0.2) is 62.3 Å². The Balaban J connectivity index is 1.41. The van der Waals surface area contributed by atoms with E-state index in [-0.39, 0.29) is 0 Å². The van der Waals surface area contributed by atoms with Gasteiger partial charge in [0.15, 0.2) is 5.96 Å². The average Bonchev–Trinajstić information content (AvgIpc) is 2.70. The minimum Gasteiger partial charge on any atom is -0.377 e. The van der Waals surface area contributed by atoms with Gasteiger partial charge < -0.3 is 20.3 Å². The topological polar surface area (TPSA) is 48.9 Å². The standard InChI is InChI=1S/C21H38N4O/c1-2-22-21(23-13-8-18-11-16-26-17-12-18)24-19-9-14-25(15-10-19)20-6-4-3-5-7-20/h11,19-20H,2-10,12-17H2,1H3,(H2,22,23,24). The van der Waals surface area contributed by atoms with Crippen LogP contribution in [0, 0.1) is 0 Å². The van der Waals surface area contributed by atoms with E-state index in [1.54, 1.807) is 0 Å². The number of nitrogens with zero attached hydrogens (tertiary/aromatic N) is 2. The van der Waals surface area contributed by atoms with Crippen molar-refractivity contribution in [3.63, 3.8) is 0 Å². The van der Waals surface area contributed by atoms with Crippen molar-refractivity contribution in [2.45, 2.75) is 76.8 Å². The summed E-state index contributed by atoms with van der Waals surface area (Å²) in [5.74, 6) is 0.997. The van der Waals surface area contributed by atoms with Gasteiger partial charge in [-0.1, -0.05) is 30.9 Å². The lowest BCUT2D eigenvalue weighted by Crippen LogP contribution is -2.51. The molecule has 0 aromatic carbocycles. The molecular formula is C21H38N4O. The van der Waals surface area contributed by atoms with Gasteiger partial charge in [0.1, 0.15) is 0 Å². The molecule has 0 unspecified atom stereocenters. The lowest BCUT2D eigenvalue weighted by Gasteiger charge is -2.39. The number of likely N-dealkylation sites (tertiary alicyclic amines) is 1. The van der Waals surface area contributed by atoms with Crippen molar-refractivity contribution >= 4 is 5.96 Å². The maximum atomic E-state index is 5.38. The van der Waals surface area contributed by atoms with Gasteiger partial charge in [0.05, 0.1) is 13.2 Å². The van der Waals surface area contributed by atoms with E-state index in [0.717, 1.165) is 51.1 Å². The Morgan fingerprint density at radius 3 is 2.69 bits per heavy atom. The molecule has 1 aliphatic carbocycles. The monoisotopic (exact) mass is 362 g/mol. The van der Waals surface area contributed by atoms with E-state index in [1.165, 1.54) is 63.6 Å². The fraction of sp³-hybridized carbons (Fsp3) is 0.857. The first-order valence-electron chi connectivity index (χ1n) is 10.9. The lowest BCUT2D eigenvalue weighted by molar-refractivity contribution is 0.119. The Morgan fingerprint density at radius 2 is 2.00 bits per heavy atom. The number of rotatable bonds is 6. The molecule has 0 atom stereocenters. The molecule has 5 heteroatoms. The summed E-state index contributed by atoms with van der Waals surface area (Å²) in [6, 6.07) is 1.43. The van der Waals surface area contributed by atoms with Gasteiger partial charge in [-0.3, -0.25) is 4.99 Å². The fourth-order valence-corrected chi connectivity index (χ4v) is 4.47. The molecule has 0 radical (unpaired) electrons. The molecule has 26 heavy (non-hydrogen) atoms. The van der Waals surface area contributed by atoms with E-state index >= 15 is 0 Å². The van der Waals surface area contributed by atoms with E-state index in [1.807, 2.05) is 0 Å². The van der Waals surface area contributed by atoms with Crippen LogP contribution >= 0.6 is 0 Å². The van der Waals surface area contributed by atoms with Crippen molar-refractivity contribution < 1.29 is 4.74 Å². The van der Waals surface area contributed by atoms with Gasteiger partial charge in [-0.05, 0) is 45.4 Å². The van der Waals surface area contributed by atoms with Crippen LogP contribution in [0.15, 0.2) is 16.6 Å². The second-order valence-corrected chi connectivity index (χ2v) is 7.94. The molecule has 0 aromatic rings. The molecule has 148 valence electrons. The molecule has 3 rings (SSSR count). The molecule has 2 fully saturated rings. The van der Waals surface area contributed by atoms with Crippen molar-refractivity contribution in [1.82, 2.24) is 15.5 Å². The zero-order valence-corrected chi connectivity index (χ0v) is 16.6. The molecule has 1 saturated heterocycles. The van der Waals surface area contributed by atoms with Crippen LogP contribution in [-0.2, 0) is 4.74 Å². The minimum absolute atomic E-state index is 0.565. The summed E-state index contributed by atoms with van der Waals surface area (Å²) in [5, 5.41) is 7.11. The van der Waals surface area contributed by atoms with Crippen molar-refractivity contribution in [2.75, 3.05) is 39.4 Å². The van der Waals surface area contributed by atoms with E-state index in [4.69, 9.17) is 9.73 Å². The molecule has 0 amide bonds. The van der Waals surface area contributed by atoms with Crippen LogP contribution in [0.2, 0.25) is 0 Å². The summed E-state index contributed by atoms with van der Waals surface area (Å²) in [6.45, 7) is 8.06. The van der Waals surface area contributed by atoms with Crippen LogP contribution in [0.25, 0.3) is 0 Å². The van der Waals surface area contributed by atoms with E-state index < -0.39 is 0 Å². The van der Waals surface area contributed by atoms with Crippen LogP contribution in [0.3, 0.4) is 0 Å². The highest BCUT2D eigenvalue weighted by molar-refractivity contribution is 5.80. The van der Waals surface area contributed by atoms with Crippen LogP contribution in [0.5, 0.6) is 0 Å². The summed E-state index contributed by atoms with van der Waals surface area (Å²) >= 11 is 0. The first kappa shape index (κ1) is 19.7. The zero-order chi connectivity index (χ0) is 18.0. The Morgan fingerprint density at radius 1 is 1.19 bits per heavy atom. The normalized spacial score (nSPS) is 24.3. The third kappa shape index (κ3) is 6.27. The summed E-state index contributed by atoms with van der Waals surface area (Å²) in [6.07, 6.45) is 14.0. The highest BCUT2D eigenvalue weighted by Gasteiger charge is 2.26. The van der Waals surface area contributed by atoms with Gasteiger partial charge in [-0.2, -0.15) is 0 Å². The molecular weight excluding hydrogens is 324 g/mol. The Labute approximate surface area is 159 Å². The number of guanidine groups is 1. The number of aliphatic imine (C=N–C) groups is 1. The third-order valence-electron chi connectivity index (χ3n) is 6.07. The van der Waals surface area contributed by atoms with Crippen LogP contribution in [0.1, 0.15) is 64.7 Å². The van der Waals surface area contributed by atoms with Crippen molar-refractivity contribution in [3.05, 3.63) is 11.6 Å². The molecule has 0 bridgehead atoms. The van der Waals surface area contributed by atoms with Gasteiger partial charge in [-0.25, -0.2) is 0 Å². The Hall–Kier alpha value is -1.07. The predicted octanol–water partition coefficient (Wildman–Crippen LogP) is 3.08. The molecule has 2 heterocycles. The van der Waals surface area contributed by atoms with Gasteiger partial charge in [-0.15, -0.1) is 0 Å².